The molecule has 2 amide bonds. The van der Waals surface area contributed by atoms with Crippen LogP contribution in [-0.4, -0.2) is 23.1 Å². The van der Waals surface area contributed by atoms with Gasteiger partial charge in [-0.15, -0.1) is 6.42 Å². The SMILES string of the molecule is C#CC(CCC)NC(=O)NCc1ccccc1CC(=O)O. The number of hydrogen-bond acceptors (Lipinski definition) is 2. The average Bonchev–Trinajstić information content (AvgIpc) is 2.45. The van der Waals surface area contributed by atoms with Crippen molar-refractivity contribution < 1.29 is 14.7 Å². The minimum Gasteiger partial charge on any atom is -0.481 e. The summed E-state index contributed by atoms with van der Waals surface area (Å²) in [4.78, 5) is 22.6. The Kier molecular flexibility index (Phi) is 6.82. The molecule has 0 aliphatic rings. The molecule has 1 rings (SSSR count). The van der Waals surface area contributed by atoms with E-state index in [2.05, 4.69) is 16.6 Å². The van der Waals surface area contributed by atoms with E-state index in [0.29, 0.717) is 5.56 Å². The highest BCUT2D eigenvalue weighted by atomic mass is 16.4. The Bertz CT molecular complexity index is 535. The van der Waals surface area contributed by atoms with E-state index in [-0.39, 0.29) is 25.0 Å². The largest absolute Gasteiger partial charge is 0.481 e. The fourth-order valence-electron chi connectivity index (χ4n) is 1.94. The maximum absolute atomic E-state index is 11.8. The van der Waals surface area contributed by atoms with Gasteiger partial charge in [0.1, 0.15) is 0 Å². The second-order valence-corrected chi connectivity index (χ2v) is 4.67. The molecule has 0 heterocycles. The van der Waals surface area contributed by atoms with Crippen LogP contribution in [0.25, 0.3) is 0 Å². The lowest BCUT2D eigenvalue weighted by Gasteiger charge is -2.14. The van der Waals surface area contributed by atoms with Gasteiger partial charge in [-0.3, -0.25) is 4.79 Å². The van der Waals surface area contributed by atoms with Crippen LogP contribution in [0, 0.1) is 12.3 Å². The van der Waals surface area contributed by atoms with E-state index in [1.165, 1.54) is 0 Å². The first-order chi connectivity index (χ1) is 10.1. The average molecular weight is 288 g/mol. The van der Waals surface area contributed by atoms with Gasteiger partial charge in [-0.1, -0.05) is 43.5 Å². The quantitative estimate of drug-likeness (QED) is 0.671. The first-order valence-corrected chi connectivity index (χ1v) is 6.85. The van der Waals surface area contributed by atoms with Crippen LogP contribution in [0.1, 0.15) is 30.9 Å². The van der Waals surface area contributed by atoms with Gasteiger partial charge in [0.2, 0.25) is 0 Å². The van der Waals surface area contributed by atoms with E-state index in [1.54, 1.807) is 18.2 Å². The maximum atomic E-state index is 11.8. The molecule has 1 unspecified atom stereocenters. The van der Waals surface area contributed by atoms with Gasteiger partial charge in [-0.25, -0.2) is 4.79 Å². The number of urea groups is 1. The molecular weight excluding hydrogens is 268 g/mol. The summed E-state index contributed by atoms with van der Waals surface area (Å²) in [5, 5.41) is 14.2. The van der Waals surface area contributed by atoms with Gasteiger partial charge >= 0.3 is 12.0 Å². The number of aliphatic carboxylic acids is 1. The molecule has 1 aromatic carbocycles. The zero-order chi connectivity index (χ0) is 15.7. The third-order valence-corrected chi connectivity index (χ3v) is 2.98. The lowest BCUT2D eigenvalue weighted by atomic mass is 10.0. The van der Waals surface area contributed by atoms with Crippen molar-refractivity contribution in [2.45, 2.75) is 38.8 Å². The summed E-state index contributed by atoms with van der Waals surface area (Å²) in [5.74, 6) is 1.62. The van der Waals surface area contributed by atoms with Crippen molar-refractivity contribution in [1.29, 1.82) is 0 Å². The normalized spacial score (nSPS) is 11.2. The third kappa shape index (κ3) is 6.00. The van der Waals surface area contributed by atoms with Crippen LogP contribution in [0.15, 0.2) is 24.3 Å². The van der Waals surface area contributed by atoms with Gasteiger partial charge in [0.25, 0.3) is 0 Å². The number of amides is 2. The smallest absolute Gasteiger partial charge is 0.316 e. The van der Waals surface area contributed by atoms with Crippen molar-refractivity contribution in [3.05, 3.63) is 35.4 Å². The molecule has 0 aromatic heterocycles. The van der Waals surface area contributed by atoms with Crippen molar-refractivity contribution in [2.75, 3.05) is 0 Å². The van der Waals surface area contributed by atoms with Crippen molar-refractivity contribution in [3.63, 3.8) is 0 Å². The second-order valence-electron chi connectivity index (χ2n) is 4.67. The Morgan fingerprint density at radius 2 is 2.00 bits per heavy atom. The Morgan fingerprint density at radius 3 is 2.57 bits per heavy atom. The highest BCUT2D eigenvalue weighted by molar-refractivity contribution is 5.75. The topological polar surface area (TPSA) is 78.4 Å². The molecule has 3 N–H and O–H groups in total. The van der Waals surface area contributed by atoms with Gasteiger partial charge in [0.15, 0.2) is 0 Å². The number of terminal acetylenes is 1. The minimum atomic E-state index is -0.901. The molecule has 0 aliphatic heterocycles. The number of nitrogens with one attached hydrogen (secondary N) is 2. The molecule has 0 spiro atoms. The first-order valence-electron chi connectivity index (χ1n) is 6.85. The van der Waals surface area contributed by atoms with E-state index in [4.69, 9.17) is 11.5 Å². The molecule has 0 aliphatic carbocycles. The van der Waals surface area contributed by atoms with E-state index in [0.717, 1.165) is 18.4 Å². The fraction of sp³-hybridized carbons (Fsp3) is 0.375. The summed E-state index contributed by atoms with van der Waals surface area (Å²) in [5.41, 5.74) is 1.47. The summed E-state index contributed by atoms with van der Waals surface area (Å²) in [6, 6.07) is 6.48. The number of benzene rings is 1. The molecule has 1 atom stereocenters. The van der Waals surface area contributed by atoms with Crippen LogP contribution in [-0.2, 0) is 17.8 Å². The van der Waals surface area contributed by atoms with Crippen LogP contribution in [0.3, 0.4) is 0 Å². The van der Waals surface area contributed by atoms with Gasteiger partial charge in [0, 0.05) is 6.54 Å². The number of hydrogen-bond donors (Lipinski definition) is 3. The standard InChI is InChI=1S/C16H20N2O3/c1-3-7-14(4-2)18-16(21)17-11-13-9-6-5-8-12(13)10-15(19)20/h2,5-6,8-9,14H,3,7,10-11H2,1H3,(H,19,20)(H2,17,18,21). The molecule has 5 heteroatoms. The fourth-order valence-corrected chi connectivity index (χ4v) is 1.94. The van der Waals surface area contributed by atoms with Crippen LogP contribution in [0.4, 0.5) is 4.79 Å². The summed E-state index contributed by atoms with van der Waals surface area (Å²) < 4.78 is 0. The van der Waals surface area contributed by atoms with Crippen LogP contribution in [0.5, 0.6) is 0 Å². The van der Waals surface area contributed by atoms with E-state index in [1.807, 2.05) is 13.0 Å². The van der Waals surface area contributed by atoms with E-state index >= 15 is 0 Å². The van der Waals surface area contributed by atoms with Gasteiger partial charge < -0.3 is 15.7 Å². The van der Waals surface area contributed by atoms with Gasteiger partial charge in [-0.05, 0) is 17.5 Å². The molecule has 0 radical (unpaired) electrons. The molecule has 0 fully saturated rings. The second kappa shape index (κ2) is 8.64. The maximum Gasteiger partial charge on any atom is 0.316 e. The Hall–Kier alpha value is -2.48. The van der Waals surface area contributed by atoms with E-state index < -0.39 is 5.97 Å². The van der Waals surface area contributed by atoms with Crippen LogP contribution in [0.2, 0.25) is 0 Å². The molecule has 0 saturated heterocycles. The summed E-state index contributed by atoms with van der Waals surface area (Å²) >= 11 is 0. The predicted molar refractivity (Wildman–Crippen MR) is 80.7 cm³/mol. The summed E-state index contributed by atoms with van der Waals surface area (Å²) in [6.07, 6.45) is 6.88. The zero-order valence-electron chi connectivity index (χ0n) is 12.1. The van der Waals surface area contributed by atoms with Gasteiger partial charge in [0.05, 0.1) is 12.5 Å². The molecule has 0 saturated carbocycles. The number of carbonyl (C=O) groups is 2. The third-order valence-electron chi connectivity index (χ3n) is 2.98. The van der Waals surface area contributed by atoms with Crippen molar-refractivity contribution in [2.24, 2.45) is 0 Å². The molecule has 112 valence electrons. The highest BCUT2D eigenvalue weighted by Gasteiger charge is 2.10. The van der Waals surface area contributed by atoms with Crippen LogP contribution >= 0.6 is 0 Å². The predicted octanol–water partition coefficient (Wildman–Crippen LogP) is 1.91. The monoisotopic (exact) mass is 288 g/mol. The Balaban J connectivity index is 2.57. The van der Waals surface area contributed by atoms with Crippen LogP contribution < -0.4 is 10.6 Å². The van der Waals surface area contributed by atoms with Crippen molar-refractivity contribution >= 4 is 12.0 Å². The molecule has 0 bridgehead atoms. The summed E-state index contributed by atoms with van der Waals surface area (Å²) in [7, 11) is 0. The zero-order valence-corrected chi connectivity index (χ0v) is 12.1. The lowest BCUT2D eigenvalue weighted by molar-refractivity contribution is -0.136. The number of carboxylic acids is 1. The first kappa shape index (κ1) is 16.6. The lowest BCUT2D eigenvalue weighted by Crippen LogP contribution is -2.41. The highest BCUT2D eigenvalue weighted by Crippen LogP contribution is 2.09. The number of carbonyl (C=O) groups excluding carboxylic acids is 1. The molecule has 21 heavy (non-hydrogen) atoms. The van der Waals surface area contributed by atoms with Crippen molar-refractivity contribution in [3.8, 4) is 12.3 Å². The Morgan fingerprint density at radius 1 is 1.33 bits per heavy atom. The molecule has 5 nitrogen and oxygen atoms in total. The number of rotatable bonds is 7. The Labute approximate surface area is 124 Å². The van der Waals surface area contributed by atoms with Crippen molar-refractivity contribution in [1.82, 2.24) is 10.6 Å². The summed E-state index contributed by atoms with van der Waals surface area (Å²) in [6.45, 7) is 2.25. The number of carboxylic acid groups (broad SMARTS) is 1. The van der Waals surface area contributed by atoms with E-state index in [9.17, 15) is 9.59 Å². The van der Waals surface area contributed by atoms with Gasteiger partial charge in [-0.2, -0.15) is 0 Å². The minimum absolute atomic E-state index is 0.0672. The molecular formula is C16H20N2O3. The molecule has 1 aromatic rings.